The highest BCUT2D eigenvalue weighted by Gasteiger charge is 2.19. The van der Waals surface area contributed by atoms with Crippen LogP contribution in [-0.4, -0.2) is 32.8 Å². The Labute approximate surface area is 140 Å². The second kappa shape index (κ2) is 7.37. The van der Waals surface area contributed by atoms with Gasteiger partial charge in [-0.15, -0.1) is 0 Å². The average Bonchev–Trinajstić information content (AvgIpc) is 2.54. The SMILES string of the molecule is CN(C/C=C/c1ccccc1)C(=O)c1cc(S(N)(=O)=O)ccc1F. The summed E-state index contributed by atoms with van der Waals surface area (Å²) in [6.45, 7) is 0.243. The lowest BCUT2D eigenvalue weighted by molar-refractivity contribution is 0.0805. The number of carbonyl (C=O) groups is 1. The van der Waals surface area contributed by atoms with Gasteiger partial charge in [-0.2, -0.15) is 0 Å². The molecular weight excluding hydrogens is 331 g/mol. The second-order valence-electron chi connectivity index (χ2n) is 5.19. The van der Waals surface area contributed by atoms with Crippen molar-refractivity contribution in [2.24, 2.45) is 5.14 Å². The van der Waals surface area contributed by atoms with Gasteiger partial charge in [-0.3, -0.25) is 4.79 Å². The quantitative estimate of drug-likeness (QED) is 0.900. The van der Waals surface area contributed by atoms with Crippen LogP contribution in [0.5, 0.6) is 0 Å². The van der Waals surface area contributed by atoms with Crippen LogP contribution in [0.4, 0.5) is 4.39 Å². The Morgan fingerprint density at radius 1 is 1.21 bits per heavy atom. The van der Waals surface area contributed by atoms with Gasteiger partial charge >= 0.3 is 0 Å². The van der Waals surface area contributed by atoms with E-state index in [0.717, 1.165) is 23.8 Å². The average molecular weight is 348 g/mol. The van der Waals surface area contributed by atoms with E-state index in [0.29, 0.717) is 0 Å². The van der Waals surface area contributed by atoms with Gasteiger partial charge in [0.25, 0.3) is 5.91 Å². The molecule has 2 rings (SSSR count). The monoisotopic (exact) mass is 348 g/mol. The van der Waals surface area contributed by atoms with Gasteiger partial charge < -0.3 is 4.90 Å². The number of sulfonamides is 1. The third-order valence-corrected chi connectivity index (χ3v) is 4.24. The first-order valence-electron chi connectivity index (χ1n) is 7.08. The first-order valence-corrected chi connectivity index (χ1v) is 8.63. The fourth-order valence-electron chi connectivity index (χ4n) is 2.04. The molecule has 0 spiro atoms. The van der Waals surface area contributed by atoms with E-state index in [2.05, 4.69) is 0 Å². The molecule has 0 aliphatic heterocycles. The molecule has 0 bridgehead atoms. The topological polar surface area (TPSA) is 80.5 Å². The van der Waals surface area contributed by atoms with E-state index >= 15 is 0 Å². The minimum Gasteiger partial charge on any atom is -0.338 e. The maximum atomic E-state index is 13.9. The summed E-state index contributed by atoms with van der Waals surface area (Å²) in [6.07, 6.45) is 3.59. The highest BCUT2D eigenvalue weighted by Crippen LogP contribution is 2.15. The lowest BCUT2D eigenvalue weighted by Gasteiger charge is -2.16. The van der Waals surface area contributed by atoms with Crippen LogP contribution in [0, 0.1) is 5.82 Å². The molecule has 0 aliphatic rings. The maximum Gasteiger partial charge on any atom is 0.256 e. The third kappa shape index (κ3) is 4.50. The van der Waals surface area contributed by atoms with Gasteiger partial charge in [-0.25, -0.2) is 17.9 Å². The van der Waals surface area contributed by atoms with Crippen LogP contribution in [0.3, 0.4) is 0 Å². The molecule has 7 heteroatoms. The lowest BCUT2D eigenvalue weighted by atomic mass is 10.2. The molecule has 0 saturated heterocycles. The maximum absolute atomic E-state index is 13.9. The summed E-state index contributed by atoms with van der Waals surface area (Å²) in [5.41, 5.74) is 0.637. The molecule has 0 radical (unpaired) electrons. The minimum atomic E-state index is -4.01. The fraction of sp³-hybridized carbons (Fsp3) is 0.118. The van der Waals surface area contributed by atoms with Crippen LogP contribution in [0.2, 0.25) is 0 Å². The van der Waals surface area contributed by atoms with Gasteiger partial charge in [-0.05, 0) is 23.8 Å². The number of rotatable bonds is 5. The zero-order valence-electron chi connectivity index (χ0n) is 13.0. The number of halogens is 1. The van der Waals surface area contributed by atoms with Crippen molar-refractivity contribution in [2.75, 3.05) is 13.6 Å². The van der Waals surface area contributed by atoms with Crippen molar-refractivity contribution >= 4 is 22.0 Å². The summed E-state index contributed by atoms with van der Waals surface area (Å²) < 4.78 is 36.5. The molecule has 0 aliphatic carbocycles. The molecule has 0 atom stereocenters. The molecule has 126 valence electrons. The summed E-state index contributed by atoms with van der Waals surface area (Å²) in [6, 6.07) is 12.4. The number of nitrogens with two attached hydrogens (primary N) is 1. The molecule has 0 fully saturated rings. The minimum absolute atomic E-state index is 0.243. The van der Waals surface area contributed by atoms with Crippen LogP contribution < -0.4 is 5.14 Å². The van der Waals surface area contributed by atoms with Gasteiger partial charge in [0.15, 0.2) is 0 Å². The van der Waals surface area contributed by atoms with Gasteiger partial charge in [0.1, 0.15) is 5.82 Å². The van der Waals surface area contributed by atoms with Crippen molar-refractivity contribution in [1.82, 2.24) is 4.90 Å². The van der Waals surface area contributed by atoms with E-state index in [4.69, 9.17) is 5.14 Å². The van der Waals surface area contributed by atoms with E-state index in [-0.39, 0.29) is 17.0 Å². The molecule has 5 nitrogen and oxygen atoms in total. The van der Waals surface area contributed by atoms with Gasteiger partial charge in [-0.1, -0.05) is 42.5 Å². The molecule has 0 saturated carbocycles. The van der Waals surface area contributed by atoms with Crippen molar-refractivity contribution < 1.29 is 17.6 Å². The molecule has 24 heavy (non-hydrogen) atoms. The predicted molar refractivity (Wildman–Crippen MR) is 90.2 cm³/mol. The first kappa shape index (κ1) is 17.8. The fourth-order valence-corrected chi connectivity index (χ4v) is 2.58. The summed E-state index contributed by atoms with van der Waals surface area (Å²) in [5, 5.41) is 5.01. The van der Waals surface area contributed by atoms with Gasteiger partial charge in [0.2, 0.25) is 10.0 Å². The van der Waals surface area contributed by atoms with Crippen molar-refractivity contribution in [3.05, 3.63) is 71.6 Å². The number of nitrogens with zero attached hydrogens (tertiary/aromatic N) is 1. The Bertz CT molecular complexity index is 865. The van der Waals surface area contributed by atoms with Crippen LogP contribution in [0.25, 0.3) is 6.08 Å². The Hall–Kier alpha value is -2.51. The molecule has 2 aromatic carbocycles. The number of carbonyl (C=O) groups excluding carboxylic acids is 1. The van der Waals surface area contributed by atoms with E-state index < -0.39 is 21.7 Å². The van der Waals surface area contributed by atoms with E-state index in [1.54, 1.807) is 6.08 Å². The van der Waals surface area contributed by atoms with Crippen LogP contribution in [0.15, 0.2) is 59.5 Å². The van der Waals surface area contributed by atoms with E-state index in [9.17, 15) is 17.6 Å². The Kier molecular flexibility index (Phi) is 5.48. The zero-order valence-corrected chi connectivity index (χ0v) is 13.8. The standard InChI is InChI=1S/C17H17FN2O3S/c1-20(11-5-8-13-6-3-2-4-7-13)17(21)15-12-14(24(19,22)23)9-10-16(15)18/h2-10,12H,11H2,1H3,(H2,19,22,23)/b8-5+. The first-order chi connectivity index (χ1) is 11.3. The van der Waals surface area contributed by atoms with Gasteiger partial charge in [0, 0.05) is 13.6 Å². The number of benzene rings is 2. The van der Waals surface area contributed by atoms with Crippen molar-refractivity contribution in [3.8, 4) is 0 Å². The number of hydrogen-bond donors (Lipinski definition) is 1. The lowest BCUT2D eigenvalue weighted by Crippen LogP contribution is -2.28. The Balaban J connectivity index is 2.15. The Morgan fingerprint density at radius 3 is 2.50 bits per heavy atom. The molecule has 0 unspecified atom stereocenters. The number of likely N-dealkylation sites (N-methyl/N-ethyl adjacent to an activating group) is 1. The molecule has 2 N–H and O–H groups in total. The molecule has 2 aromatic rings. The van der Waals surface area contributed by atoms with Crippen LogP contribution in [0.1, 0.15) is 15.9 Å². The smallest absolute Gasteiger partial charge is 0.256 e. The summed E-state index contributed by atoms with van der Waals surface area (Å²) in [7, 11) is -2.50. The second-order valence-corrected chi connectivity index (χ2v) is 6.75. The van der Waals surface area contributed by atoms with E-state index in [1.807, 2.05) is 36.4 Å². The number of primary sulfonamides is 1. The largest absolute Gasteiger partial charge is 0.338 e. The summed E-state index contributed by atoms with van der Waals surface area (Å²) >= 11 is 0. The highest BCUT2D eigenvalue weighted by atomic mass is 32.2. The molecule has 1 amide bonds. The number of hydrogen-bond acceptors (Lipinski definition) is 3. The molecule has 0 aromatic heterocycles. The number of amides is 1. The van der Waals surface area contributed by atoms with Gasteiger partial charge in [0.05, 0.1) is 10.5 Å². The van der Waals surface area contributed by atoms with Crippen LogP contribution in [-0.2, 0) is 10.0 Å². The van der Waals surface area contributed by atoms with Crippen molar-refractivity contribution in [2.45, 2.75) is 4.90 Å². The predicted octanol–water partition coefficient (Wildman–Crippen LogP) is 2.26. The zero-order chi connectivity index (χ0) is 17.7. The molecular formula is C17H17FN2O3S. The Morgan fingerprint density at radius 2 is 1.88 bits per heavy atom. The third-order valence-electron chi connectivity index (χ3n) is 3.33. The molecule has 0 heterocycles. The van der Waals surface area contributed by atoms with Crippen LogP contribution >= 0.6 is 0 Å². The van der Waals surface area contributed by atoms with Crippen molar-refractivity contribution in [3.63, 3.8) is 0 Å². The normalized spacial score (nSPS) is 11.6. The highest BCUT2D eigenvalue weighted by molar-refractivity contribution is 7.89. The summed E-state index contributed by atoms with van der Waals surface area (Å²) in [4.78, 5) is 13.3. The van der Waals surface area contributed by atoms with E-state index in [1.165, 1.54) is 11.9 Å². The van der Waals surface area contributed by atoms with Crippen molar-refractivity contribution in [1.29, 1.82) is 0 Å². The summed E-state index contributed by atoms with van der Waals surface area (Å²) in [5.74, 6) is -1.43.